The minimum Gasteiger partial charge on any atom is -0.870 e. The molecule has 35 heavy (non-hydrogen) atoms. The number of imide groups is 1. The molecule has 0 radical (unpaired) electrons. The molecule has 4 N–H and O–H groups in total. The summed E-state index contributed by atoms with van der Waals surface area (Å²) in [6.07, 6.45) is 0.957. The molecule has 1 aliphatic carbocycles. The van der Waals surface area contributed by atoms with Crippen molar-refractivity contribution in [1.29, 1.82) is 0 Å². The number of aliphatic carboxylic acids is 1. The zero-order valence-electron chi connectivity index (χ0n) is 21.8. The smallest absolute Gasteiger partial charge is 0.870 e. The molecular formula is C21H36HgN5NaO7. The van der Waals surface area contributed by atoms with Crippen LogP contribution in [0.2, 0.25) is 3.93 Å². The molecule has 3 fully saturated rings. The summed E-state index contributed by atoms with van der Waals surface area (Å²) in [6.45, 7) is 6.46. The quantitative estimate of drug-likeness (QED) is 0.232. The van der Waals surface area contributed by atoms with Gasteiger partial charge in [-0.3, -0.25) is 20.3 Å². The van der Waals surface area contributed by atoms with E-state index >= 15 is 0 Å². The first-order chi connectivity index (χ1) is 15.3. The second kappa shape index (κ2) is 14.0. The topological polar surface area (TPSA) is 173 Å². The van der Waals surface area contributed by atoms with Crippen LogP contribution in [0.3, 0.4) is 0 Å². The maximum Gasteiger partial charge on any atom is 1.00 e. The third kappa shape index (κ3) is 6.95. The molecule has 3 rings (SSSR count). The third-order valence-corrected chi connectivity index (χ3v) is 10.2. The van der Waals surface area contributed by atoms with Crippen molar-refractivity contribution in [2.45, 2.75) is 55.9 Å². The average Bonchev–Trinajstić information content (AvgIpc) is 3.35. The Labute approximate surface area is 245 Å². The predicted molar refractivity (Wildman–Crippen MR) is 115 cm³/mol. The standard InChI is InChI=1S/C14H24NO4.C7H12N4O2.Hg.Na.H2O/c1-9(19-5)8-15-11(16)10-6-7-14(4,12(17)18)13(10,2)3;1-10-5-4(8-3-9-5)6(12)11(2)7(10)13;;;/h9-10H,1,6-8H2,2-5H3,(H,15,16)(H,17,18);4-5,8-9H,3H2,1-2H3;;;1H2/q;;2*+1;/p-2. The molecule has 0 aromatic rings. The summed E-state index contributed by atoms with van der Waals surface area (Å²) >= 11 is 0.630. The van der Waals surface area contributed by atoms with Gasteiger partial charge in [-0.2, -0.15) is 0 Å². The molecule has 14 heteroatoms. The van der Waals surface area contributed by atoms with E-state index in [0.29, 0.717) is 52.2 Å². The number of hydrogen-bond acceptors (Lipinski definition) is 9. The Morgan fingerprint density at radius 2 is 1.86 bits per heavy atom. The van der Waals surface area contributed by atoms with Crippen molar-refractivity contribution >= 4 is 23.8 Å². The summed E-state index contributed by atoms with van der Waals surface area (Å²) in [5.74, 6) is -1.58. The Morgan fingerprint density at radius 3 is 2.34 bits per heavy atom. The van der Waals surface area contributed by atoms with Crippen molar-refractivity contribution in [3.05, 3.63) is 0 Å². The third-order valence-electron chi connectivity index (χ3n) is 7.70. The van der Waals surface area contributed by atoms with Crippen molar-refractivity contribution in [1.82, 2.24) is 25.8 Å². The van der Waals surface area contributed by atoms with Crippen molar-refractivity contribution in [3.8, 4) is 0 Å². The molecule has 0 bridgehead atoms. The van der Waals surface area contributed by atoms with Crippen LogP contribution in [0, 0.1) is 16.7 Å². The van der Waals surface area contributed by atoms with Gasteiger partial charge in [-0.05, 0) is 0 Å². The van der Waals surface area contributed by atoms with Crippen molar-refractivity contribution in [3.63, 3.8) is 0 Å². The maximum absolute atomic E-state index is 12.3. The van der Waals surface area contributed by atoms with Gasteiger partial charge >= 0.3 is 172 Å². The Morgan fingerprint density at radius 1 is 1.26 bits per heavy atom. The van der Waals surface area contributed by atoms with Gasteiger partial charge in [0.05, 0.1) is 0 Å². The minimum absolute atomic E-state index is 0. The molecule has 0 aromatic carbocycles. The number of urea groups is 1. The van der Waals surface area contributed by atoms with E-state index in [2.05, 4.69) is 16.0 Å². The van der Waals surface area contributed by atoms with Gasteiger partial charge in [-0.25, -0.2) is 4.79 Å². The van der Waals surface area contributed by atoms with Crippen LogP contribution in [0.1, 0.15) is 33.6 Å². The molecule has 3 aliphatic rings. The van der Waals surface area contributed by atoms with E-state index in [0.717, 1.165) is 8.83 Å². The van der Waals surface area contributed by atoms with Crippen molar-refractivity contribution < 1.29 is 90.2 Å². The van der Waals surface area contributed by atoms with Gasteiger partial charge in [0.25, 0.3) is 5.91 Å². The number of nitrogens with one attached hydrogen (secondary N) is 3. The molecule has 2 heterocycles. The van der Waals surface area contributed by atoms with Gasteiger partial charge in [-0.1, -0.05) is 0 Å². The number of carbonyl (C=O) groups excluding carboxylic acids is 4. The normalized spacial score (nSPS) is 29.8. The van der Waals surface area contributed by atoms with Crippen LogP contribution < -0.4 is 50.6 Å². The van der Waals surface area contributed by atoms with Crippen LogP contribution in [0.5, 0.6) is 0 Å². The van der Waals surface area contributed by atoms with Crippen LogP contribution in [0.4, 0.5) is 4.79 Å². The van der Waals surface area contributed by atoms with Crippen LogP contribution in [-0.4, -0.2) is 91.8 Å². The van der Waals surface area contributed by atoms with Crippen LogP contribution >= 0.6 is 0 Å². The fourth-order valence-electron chi connectivity index (χ4n) is 4.71. The average molecular weight is 694 g/mol. The molecule has 0 aromatic heterocycles. The maximum atomic E-state index is 12.3. The van der Waals surface area contributed by atoms with Gasteiger partial charge in [0.1, 0.15) is 12.2 Å². The summed E-state index contributed by atoms with van der Waals surface area (Å²) in [5.41, 5.74) is -1.56. The monoisotopic (exact) mass is 695 g/mol. The number of hydrogen-bond donors (Lipinski definition) is 3. The van der Waals surface area contributed by atoms with Gasteiger partial charge in [0.2, 0.25) is 0 Å². The minimum atomic E-state index is -1.06. The predicted octanol–water partition coefficient (Wildman–Crippen LogP) is -4.54. The van der Waals surface area contributed by atoms with E-state index < -0.39 is 16.8 Å². The fourth-order valence-corrected chi connectivity index (χ4v) is 6.42. The molecule has 5 unspecified atom stereocenters. The first-order valence-electron chi connectivity index (χ1n) is 11.2. The molecule has 2 saturated heterocycles. The van der Waals surface area contributed by atoms with Gasteiger partial charge in [-0.15, -0.1) is 0 Å². The van der Waals surface area contributed by atoms with Gasteiger partial charge < -0.3 is 10.4 Å². The molecular weight excluding hydrogens is 658 g/mol. The zero-order chi connectivity index (χ0) is 25.1. The molecule has 2 aliphatic heterocycles. The number of rotatable bonds is 6. The van der Waals surface area contributed by atoms with E-state index in [9.17, 15) is 24.3 Å². The number of methoxy groups -OCH3 is 1. The Bertz CT molecular complexity index is 785. The van der Waals surface area contributed by atoms with E-state index in [1.807, 2.05) is 13.8 Å². The summed E-state index contributed by atoms with van der Waals surface area (Å²) in [6, 6.07) is -0.560. The second-order valence-electron chi connectivity index (χ2n) is 9.62. The number of ether oxygens (including phenoxy) is 1. The van der Waals surface area contributed by atoms with E-state index in [4.69, 9.17) is 4.74 Å². The summed E-state index contributed by atoms with van der Waals surface area (Å²) in [4.78, 5) is 49.4. The Balaban J connectivity index is 0.000000670. The number of fused-ring (bicyclic) bond motifs is 1. The largest absolute Gasteiger partial charge is 1.00 e. The molecule has 1 saturated carbocycles. The molecule has 5 atom stereocenters. The SMILES string of the molecule is CN1C(=O)C2NCNC2N(C)C1=O.COC([CH2][Hg+])CNC(=O)C1CCC(C)(C(=O)[O-])C1(C)C.[Na+].[OH-]. The Hall–Kier alpha value is -0.345. The van der Waals surface area contributed by atoms with Crippen LogP contribution in [0.25, 0.3) is 0 Å². The van der Waals surface area contributed by atoms with Crippen LogP contribution in [0.15, 0.2) is 0 Å². The molecule has 12 nitrogen and oxygen atoms in total. The summed E-state index contributed by atoms with van der Waals surface area (Å²) in [5, 5.41) is 20.4. The summed E-state index contributed by atoms with van der Waals surface area (Å²) < 4.78 is 6.29. The van der Waals surface area contributed by atoms with Crippen molar-refractivity contribution in [2.24, 2.45) is 16.7 Å². The van der Waals surface area contributed by atoms with Gasteiger partial charge in [0, 0.05) is 20.8 Å². The number of amides is 4. The Kier molecular flexibility index (Phi) is 13.8. The van der Waals surface area contributed by atoms with E-state index in [-0.39, 0.29) is 77.1 Å². The summed E-state index contributed by atoms with van der Waals surface area (Å²) in [7, 11) is 4.83. The van der Waals surface area contributed by atoms with E-state index in [1.54, 1.807) is 21.1 Å². The zero-order valence-corrected chi connectivity index (χ0v) is 29.3. The fraction of sp³-hybridized carbons (Fsp3) is 0.810. The first kappa shape index (κ1) is 34.7. The molecule has 4 amide bonds. The molecule has 0 spiro atoms. The second-order valence-corrected chi connectivity index (χ2v) is 11.9. The first-order valence-corrected chi connectivity index (χ1v) is 15.0. The van der Waals surface area contributed by atoms with Gasteiger partial charge in [0.15, 0.2) is 0 Å². The van der Waals surface area contributed by atoms with Crippen molar-refractivity contribution in [2.75, 3.05) is 34.4 Å². The van der Waals surface area contributed by atoms with E-state index in [1.165, 1.54) is 11.9 Å². The number of carboxylic acid groups (broad SMARTS) is 1. The number of nitrogens with zero attached hydrogens (tertiary/aromatic N) is 2. The number of carbonyl (C=O) groups is 4. The number of likely N-dealkylation sites (N-methyl/N-ethyl adjacent to an activating group) is 2. The molecule has 190 valence electrons. The van der Waals surface area contributed by atoms with Crippen LogP contribution in [-0.2, 0) is 45.2 Å². The number of carboxylic acids is 1.